The van der Waals surface area contributed by atoms with Gasteiger partial charge < -0.3 is 14.2 Å². The van der Waals surface area contributed by atoms with E-state index in [1.54, 1.807) is 24.5 Å². The third-order valence-electron chi connectivity index (χ3n) is 8.06. The molecule has 0 spiro atoms. The summed E-state index contributed by atoms with van der Waals surface area (Å²) in [5.74, 6) is -1.46. The van der Waals surface area contributed by atoms with Crippen LogP contribution in [-0.2, 0) is 38.5 Å². The number of nitrogens with zero attached hydrogens (tertiary/aromatic N) is 6. The Morgan fingerprint density at radius 3 is 1.95 bits per heavy atom. The Labute approximate surface area is 237 Å². The molecule has 1 N–H and O–H groups in total. The second-order valence-corrected chi connectivity index (χ2v) is 10.6. The molecular formula is C32H32F2N6O. The van der Waals surface area contributed by atoms with Gasteiger partial charge in [0.1, 0.15) is 17.7 Å². The molecule has 210 valence electrons. The molecule has 0 unspecified atom stereocenters. The van der Waals surface area contributed by atoms with E-state index in [0.29, 0.717) is 46.3 Å². The fourth-order valence-corrected chi connectivity index (χ4v) is 5.41. The predicted octanol–water partition coefficient (Wildman–Crippen LogP) is 5.74. The highest BCUT2D eigenvalue weighted by molar-refractivity contribution is 5.87. The third kappa shape index (κ3) is 4.68. The Balaban J connectivity index is 1.72. The third-order valence-corrected chi connectivity index (χ3v) is 8.06. The summed E-state index contributed by atoms with van der Waals surface area (Å²) < 4.78 is 31.2. The molecule has 7 nitrogen and oxygen atoms in total. The summed E-state index contributed by atoms with van der Waals surface area (Å²) in [6.45, 7) is 6.57. The van der Waals surface area contributed by atoms with E-state index in [0.717, 1.165) is 35.4 Å². The van der Waals surface area contributed by atoms with Crippen molar-refractivity contribution in [2.24, 2.45) is 14.1 Å². The normalized spacial score (nSPS) is 12.2. The molecule has 5 rings (SSSR count). The van der Waals surface area contributed by atoms with E-state index in [4.69, 9.17) is 4.98 Å². The lowest BCUT2D eigenvalue weighted by atomic mass is 9.85. The summed E-state index contributed by atoms with van der Waals surface area (Å²) in [6, 6.07) is 14.0. The van der Waals surface area contributed by atoms with Crippen molar-refractivity contribution in [2.75, 3.05) is 0 Å². The van der Waals surface area contributed by atoms with Crippen molar-refractivity contribution in [1.29, 1.82) is 5.26 Å². The van der Waals surface area contributed by atoms with Gasteiger partial charge in [-0.1, -0.05) is 37.3 Å². The summed E-state index contributed by atoms with van der Waals surface area (Å²) in [6.07, 6.45) is 4.26. The molecule has 0 saturated heterocycles. The number of alkyl halides is 2. The number of aliphatic hydroxyl groups is 1. The molecule has 9 heteroatoms. The zero-order chi connectivity index (χ0) is 29.7. The average Bonchev–Trinajstić information content (AvgIpc) is 3.47. The van der Waals surface area contributed by atoms with Crippen LogP contribution in [0, 0.1) is 25.2 Å². The first-order valence-corrected chi connectivity index (χ1v) is 13.4. The highest BCUT2D eigenvalue weighted by Gasteiger charge is 2.40. The molecule has 0 radical (unpaired) electrons. The monoisotopic (exact) mass is 554 g/mol. The van der Waals surface area contributed by atoms with E-state index < -0.39 is 11.5 Å². The molecule has 0 bridgehead atoms. The van der Waals surface area contributed by atoms with E-state index in [1.807, 2.05) is 62.2 Å². The highest BCUT2D eigenvalue weighted by atomic mass is 19.3. The number of benzene rings is 2. The van der Waals surface area contributed by atoms with Gasteiger partial charge in [0, 0.05) is 44.1 Å². The maximum Gasteiger partial charge on any atom is 0.270 e. The number of imidazole rings is 2. The van der Waals surface area contributed by atoms with Crippen LogP contribution in [0.1, 0.15) is 70.4 Å². The molecule has 3 aromatic heterocycles. The maximum atomic E-state index is 13.8. The lowest BCUT2D eigenvalue weighted by Crippen LogP contribution is -2.33. The zero-order valence-corrected chi connectivity index (χ0v) is 24.0. The minimum Gasteiger partial charge on any atom is -0.373 e. The average molecular weight is 555 g/mol. The molecule has 0 fully saturated rings. The first kappa shape index (κ1) is 28.1. The van der Waals surface area contributed by atoms with E-state index in [1.165, 1.54) is 12.1 Å². The molecule has 0 saturated carbocycles. The Morgan fingerprint density at radius 1 is 0.927 bits per heavy atom. The Hall–Kier alpha value is -4.42. The molecule has 0 amide bonds. The summed E-state index contributed by atoms with van der Waals surface area (Å²) in [5, 5.41) is 23.6. The van der Waals surface area contributed by atoms with Gasteiger partial charge in [-0.05, 0) is 49.1 Å². The van der Waals surface area contributed by atoms with Crippen molar-refractivity contribution >= 4 is 10.9 Å². The van der Waals surface area contributed by atoms with Crippen molar-refractivity contribution in [3.63, 3.8) is 0 Å². The molecular weight excluding hydrogens is 522 g/mol. The Morgan fingerprint density at radius 2 is 1.49 bits per heavy atom. The minimum absolute atomic E-state index is 0.0613. The van der Waals surface area contributed by atoms with Gasteiger partial charge in [-0.2, -0.15) is 5.26 Å². The number of aromatic nitrogens is 5. The SMILES string of the molecule is CCc1nc2ccc(C(O)(c3cnc(C)n3C)c3cnc(C)n3C)cc2c(C#N)c1Cc1ccc(C(C)(F)F)cc1. The van der Waals surface area contributed by atoms with Crippen LogP contribution in [0.4, 0.5) is 8.78 Å². The van der Waals surface area contributed by atoms with Gasteiger partial charge in [0.15, 0.2) is 5.60 Å². The number of hydrogen-bond donors (Lipinski definition) is 1. The fraction of sp³-hybridized carbons (Fsp3) is 0.312. The lowest BCUT2D eigenvalue weighted by Gasteiger charge is -2.30. The Bertz CT molecular complexity index is 1760. The lowest BCUT2D eigenvalue weighted by molar-refractivity contribution is 0.0174. The van der Waals surface area contributed by atoms with Crippen LogP contribution in [-0.4, -0.2) is 29.2 Å². The minimum atomic E-state index is -2.93. The zero-order valence-electron chi connectivity index (χ0n) is 24.0. The van der Waals surface area contributed by atoms with Crippen LogP contribution in [0.15, 0.2) is 54.9 Å². The molecule has 41 heavy (non-hydrogen) atoms. The number of pyridine rings is 1. The number of aryl methyl sites for hydroxylation is 3. The summed E-state index contributed by atoms with van der Waals surface area (Å²) in [5.41, 5.74) is 3.36. The van der Waals surface area contributed by atoms with E-state index in [9.17, 15) is 19.1 Å². The van der Waals surface area contributed by atoms with Crippen molar-refractivity contribution in [1.82, 2.24) is 24.1 Å². The van der Waals surface area contributed by atoms with Gasteiger partial charge >= 0.3 is 0 Å². The van der Waals surface area contributed by atoms with E-state index in [-0.39, 0.29) is 5.56 Å². The first-order chi connectivity index (χ1) is 19.4. The number of nitriles is 1. The summed E-state index contributed by atoms with van der Waals surface area (Å²) in [4.78, 5) is 13.7. The van der Waals surface area contributed by atoms with Gasteiger partial charge in [0.25, 0.3) is 5.92 Å². The first-order valence-electron chi connectivity index (χ1n) is 13.4. The van der Waals surface area contributed by atoms with Gasteiger partial charge in [-0.3, -0.25) is 4.98 Å². The summed E-state index contributed by atoms with van der Waals surface area (Å²) >= 11 is 0. The summed E-state index contributed by atoms with van der Waals surface area (Å²) in [7, 11) is 3.70. The smallest absolute Gasteiger partial charge is 0.270 e. The quantitative estimate of drug-likeness (QED) is 0.277. The molecule has 5 aromatic rings. The van der Waals surface area contributed by atoms with E-state index in [2.05, 4.69) is 16.0 Å². The van der Waals surface area contributed by atoms with Gasteiger partial charge in [-0.25, -0.2) is 18.7 Å². The van der Waals surface area contributed by atoms with Crippen LogP contribution in [0.5, 0.6) is 0 Å². The molecule has 2 aromatic carbocycles. The number of halogens is 2. The highest BCUT2D eigenvalue weighted by Crippen LogP contribution is 2.39. The molecule has 0 aliphatic rings. The standard InChI is InChI=1S/C32H32F2N6O/c1-7-27-24(14-21-8-10-22(11-9-21)31(4,33)34)26(16-35)25-15-23(12-13-28(25)38-27)32(41,29-17-36-19(2)39(29)5)30-18-37-20(3)40(30)6/h8-13,15,17-18,41H,7,14H2,1-6H3. The van der Waals surface area contributed by atoms with Crippen LogP contribution in [0.2, 0.25) is 0 Å². The van der Waals surface area contributed by atoms with Crippen molar-refractivity contribution < 1.29 is 13.9 Å². The molecule has 0 aliphatic carbocycles. The topological polar surface area (TPSA) is 92.6 Å². The van der Waals surface area contributed by atoms with Crippen LogP contribution in [0.25, 0.3) is 10.9 Å². The second kappa shape index (κ2) is 10.2. The molecule has 0 aliphatic heterocycles. The number of fused-ring (bicyclic) bond motifs is 1. The van der Waals surface area contributed by atoms with Crippen LogP contribution >= 0.6 is 0 Å². The van der Waals surface area contributed by atoms with Gasteiger partial charge in [0.05, 0.1) is 34.9 Å². The second-order valence-electron chi connectivity index (χ2n) is 10.6. The largest absolute Gasteiger partial charge is 0.373 e. The van der Waals surface area contributed by atoms with Gasteiger partial charge in [0.2, 0.25) is 0 Å². The molecule has 3 heterocycles. The maximum absolute atomic E-state index is 13.8. The van der Waals surface area contributed by atoms with Gasteiger partial charge in [-0.15, -0.1) is 0 Å². The fourth-order valence-electron chi connectivity index (χ4n) is 5.41. The predicted molar refractivity (Wildman–Crippen MR) is 153 cm³/mol. The number of hydrogen-bond acceptors (Lipinski definition) is 5. The van der Waals surface area contributed by atoms with Crippen molar-refractivity contribution in [3.05, 3.63) is 111 Å². The van der Waals surface area contributed by atoms with E-state index >= 15 is 0 Å². The van der Waals surface area contributed by atoms with Crippen LogP contribution in [0.3, 0.4) is 0 Å². The van der Waals surface area contributed by atoms with Crippen molar-refractivity contribution in [3.8, 4) is 6.07 Å². The molecule has 0 atom stereocenters. The van der Waals surface area contributed by atoms with Crippen LogP contribution < -0.4 is 0 Å². The Kier molecular flexibility index (Phi) is 7.00. The number of rotatable bonds is 7. The van der Waals surface area contributed by atoms with Crippen molar-refractivity contribution in [2.45, 2.75) is 52.1 Å².